The molecule has 0 aliphatic heterocycles. The second kappa shape index (κ2) is 8.85. The van der Waals surface area contributed by atoms with Crippen molar-refractivity contribution in [1.82, 2.24) is 9.88 Å². The molecule has 0 atom stereocenters. The van der Waals surface area contributed by atoms with Crippen LogP contribution in [0.25, 0.3) is 16.5 Å². The predicted molar refractivity (Wildman–Crippen MR) is 122 cm³/mol. The smallest absolute Gasteiger partial charge is 0.411 e. The Hall–Kier alpha value is -3.23. The van der Waals surface area contributed by atoms with Crippen LogP contribution in [0.15, 0.2) is 22.8 Å². The van der Waals surface area contributed by atoms with Crippen molar-refractivity contribution in [3.8, 4) is 0 Å². The highest BCUT2D eigenvalue weighted by Crippen LogP contribution is 2.41. The van der Waals surface area contributed by atoms with Gasteiger partial charge in [-0.3, -0.25) is 10.1 Å². The first-order valence-electron chi connectivity index (χ1n) is 11.5. The number of ether oxygens (including phenoxy) is 2. The van der Waals surface area contributed by atoms with Gasteiger partial charge in [-0.2, -0.15) is 0 Å². The highest BCUT2D eigenvalue weighted by Gasteiger charge is 2.32. The van der Waals surface area contributed by atoms with Crippen LogP contribution in [0.2, 0.25) is 0 Å². The highest BCUT2D eigenvalue weighted by atomic mass is 19.1. The molecule has 1 aromatic heterocycles. The summed E-state index contributed by atoms with van der Waals surface area (Å²) in [5.41, 5.74) is -1.33. The predicted octanol–water partition coefficient (Wildman–Crippen LogP) is 5.21. The number of alkyl carbamates (subject to hydrolysis) is 1. The number of nitrogens with one attached hydrogen (secondary N) is 1. The number of allylic oxidation sites excluding steroid dienone is 2. The van der Waals surface area contributed by atoms with E-state index in [1.54, 1.807) is 27.7 Å². The Morgan fingerprint density at radius 3 is 2.53 bits per heavy atom. The molecule has 0 bridgehead atoms. The molecule has 2 aromatic rings. The normalized spacial score (nSPS) is 16.2. The summed E-state index contributed by atoms with van der Waals surface area (Å²) in [5.74, 6) is -2.63. The number of pyridine rings is 1. The topological polar surface area (TPSA) is 86.6 Å². The first-order valence-corrected chi connectivity index (χ1v) is 11.5. The number of hydrogen-bond acceptors (Lipinski definition) is 5. The molecule has 0 spiro atoms. The second-order valence-electron chi connectivity index (χ2n) is 9.61. The van der Waals surface area contributed by atoms with Crippen LogP contribution in [0.4, 0.5) is 13.6 Å². The fourth-order valence-electron chi connectivity index (χ4n) is 4.30. The van der Waals surface area contributed by atoms with E-state index in [1.165, 1.54) is 10.8 Å². The Balaban J connectivity index is 1.87. The summed E-state index contributed by atoms with van der Waals surface area (Å²) in [7, 11) is 0. The fraction of sp³-hybridized carbons (Fsp3) is 0.480. The molecule has 182 valence electrons. The summed E-state index contributed by atoms with van der Waals surface area (Å²) >= 11 is 0. The molecule has 1 saturated carbocycles. The Morgan fingerprint density at radius 2 is 1.91 bits per heavy atom. The van der Waals surface area contributed by atoms with E-state index in [9.17, 15) is 14.4 Å². The number of halogens is 2. The van der Waals surface area contributed by atoms with Gasteiger partial charge < -0.3 is 14.0 Å². The summed E-state index contributed by atoms with van der Waals surface area (Å²) in [6.45, 7) is 6.85. The summed E-state index contributed by atoms with van der Waals surface area (Å²) in [6, 6.07) is 0.884. The maximum absolute atomic E-state index is 16.0. The van der Waals surface area contributed by atoms with Crippen molar-refractivity contribution in [1.29, 1.82) is 0 Å². The third-order valence-electron chi connectivity index (χ3n) is 5.82. The third kappa shape index (κ3) is 4.56. The Labute approximate surface area is 195 Å². The fourth-order valence-corrected chi connectivity index (χ4v) is 4.30. The quantitative estimate of drug-likeness (QED) is 0.601. The van der Waals surface area contributed by atoms with E-state index in [0.29, 0.717) is 30.5 Å². The molecule has 34 heavy (non-hydrogen) atoms. The van der Waals surface area contributed by atoms with Gasteiger partial charge in [-0.05, 0) is 71.4 Å². The third-order valence-corrected chi connectivity index (χ3v) is 5.82. The first-order chi connectivity index (χ1) is 16.0. The minimum Gasteiger partial charge on any atom is -0.462 e. The number of esters is 1. The molecule has 0 radical (unpaired) electrons. The average molecular weight is 475 g/mol. The van der Waals surface area contributed by atoms with E-state index < -0.39 is 34.7 Å². The van der Waals surface area contributed by atoms with Crippen molar-refractivity contribution in [3.63, 3.8) is 0 Å². The Bertz CT molecular complexity index is 1270. The molecule has 1 N–H and O–H groups in total. The zero-order valence-corrected chi connectivity index (χ0v) is 19.7. The molecular weight excluding hydrogens is 446 g/mol. The summed E-state index contributed by atoms with van der Waals surface area (Å²) < 4.78 is 43.1. The van der Waals surface area contributed by atoms with Gasteiger partial charge >= 0.3 is 12.1 Å². The highest BCUT2D eigenvalue weighted by molar-refractivity contribution is 5.95. The number of nitrogens with zero attached hydrogens (tertiary/aromatic N) is 1. The van der Waals surface area contributed by atoms with E-state index in [1.807, 2.05) is 0 Å². The molecule has 7 nitrogen and oxygen atoms in total. The SMILES string of the molecule is CCOC(=O)c1cn(C2CC2)c2c(F)c(C3=C(NC(=O)OC(C)(C)C)CCC3)c(F)cc2c1=O. The van der Waals surface area contributed by atoms with E-state index in [2.05, 4.69) is 5.32 Å². The Morgan fingerprint density at radius 1 is 1.21 bits per heavy atom. The minimum absolute atomic E-state index is 0.0482. The maximum atomic E-state index is 16.0. The molecule has 4 rings (SSSR count). The lowest BCUT2D eigenvalue weighted by Gasteiger charge is -2.21. The molecule has 1 amide bonds. The van der Waals surface area contributed by atoms with Gasteiger partial charge in [0.05, 0.1) is 23.1 Å². The lowest BCUT2D eigenvalue weighted by Crippen LogP contribution is -2.32. The Kier molecular flexibility index (Phi) is 6.22. The van der Waals surface area contributed by atoms with Crippen LogP contribution < -0.4 is 10.7 Å². The van der Waals surface area contributed by atoms with Gasteiger partial charge in [0.15, 0.2) is 5.82 Å². The van der Waals surface area contributed by atoms with Gasteiger partial charge in [-0.25, -0.2) is 18.4 Å². The van der Waals surface area contributed by atoms with E-state index in [-0.39, 0.29) is 34.7 Å². The van der Waals surface area contributed by atoms with E-state index in [0.717, 1.165) is 18.9 Å². The number of rotatable bonds is 5. The molecule has 1 aromatic carbocycles. The standard InChI is InChI=1S/C25H28F2N2O5/c1-5-33-23(31)16-12-29(13-9-10-13)21-15(22(16)30)11-17(26)19(20(21)27)14-7-6-8-18(14)28-24(32)34-25(2,3)4/h11-13H,5-10H2,1-4H3,(H,28,32). The van der Waals surface area contributed by atoms with Crippen LogP contribution in [0, 0.1) is 11.6 Å². The number of benzene rings is 1. The summed E-state index contributed by atoms with van der Waals surface area (Å²) in [4.78, 5) is 37.6. The molecule has 1 heterocycles. The molecule has 2 aliphatic carbocycles. The molecule has 2 aliphatic rings. The molecule has 0 saturated heterocycles. The molecule has 9 heteroatoms. The van der Waals surface area contributed by atoms with Gasteiger partial charge in [-0.1, -0.05) is 0 Å². The number of carbonyl (C=O) groups excluding carboxylic acids is 2. The monoisotopic (exact) mass is 474 g/mol. The first kappa shape index (κ1) is 23.9. The lowest BCUT2D eigenvalue weighted by molar-refractivity contribution is 0.0519. The van der Waals surface area contributed by atoms with Crippen LogP contribution in [0.1, 0.15) is 81.8 Å². The van der Waals surface area contributed by atoms with Gasteiger partial charge in [0, 0.05) is 17.9 Å². The second-order valence-corrected chi connectivity index (χ2v) is 9.61. The van der Waals surface area contributed by atoms with E-state index in [4.69, 9.17) is 9.47 Å². The molecule has 0 unspecified atom stereocenters. The zero-order chi connectivity index (χ0) is 24.8. The largest absolute Gasteiger partial charge is 0.462 e. The summed E-state index contributed by atoms with van der Waals surface area (Å²) in [5, 5.41) is 2.43. The van der Waals surface area contributed by atoms with Crippen LogP contribution in [-0.2, 0) is 9.47 Å². The minimum atomic E-state index is -0.925. The van der Waals surface area contributed by atoms with Crippen LogP contribution in [0.5, 0.6) is 0 Å². The number of fused-ring (bicyclic) bond motifs is 1. The van der Waals surface area contributed by atoms with E-state index >= 15 is 8.78 Å². The maximum Gasteiger partial charge on any atom is 0.411 e. The van der Waals surface area contributed by atoms with Gasteiger partial charge in [0.1, 0.15) is 17.0 Å². The van der Waals surface area contributed by atoms with Gasteiger partial charge in [0.2, 0.25) is 5.43 Å². The van der Waals surface area contributed by atoms with Gasteiger partial charge in [0.25, 0.3) is 0 Å². The van der Waals surface area contributed by atoms with Crippen LogP contribution in [-0.4, -0.2) is 28.8 Å². The van der Waals surface area contributed by atoms with Gasteiger partial charge in [-0.15, -0.1) is 0 Å². The molecular formula is C25H28F2N2O5. The zero-order valence-electron chi connectivity index (χ0n) is 19.7. The van der Waals surface area contributed by atoms with Crippen molar-refractivity contribution in [2.75, 3.05) is 6.61 Å². The van der Waals surface area contributed by atoms with Crippen molar-refractivity contribution in [2.45, 2.75) is 71.4 Å². The summed E-state index contributed by atoms with van der Waals surface area (Å²) in [6.07, 6.45) is 3.52. The van der Waals surface area contributed by atoms with Crippen molar-refractivity contribution >= 4 is 28.5 Å². The average Bonchev–Trinajstić information content (AvgIpc) is 3.48. The van der Waals surface area contributed by atoms with Crippen LogP contribution in [0.3, 0.4) is 0 Å². The van der Waals surface area contributed by atoms with Crippen LogP contribution >= 0.6 is 0 Å². The van der Waals surface area contributed by atoms with Crippen molar-refractivity contribution < 1.29 is 27.8 Å². The number of aromatic nitrogens is 1. The number of hydrogen-bond donors (Lipinski definition) is 1. The number of amides is 1. The number of carbonyl (C=O) groups is 2. The van der Waals surface area contributed by atoms with Crippen molar-refractivity contribution in [3.05, 3.63) is 50.9 Å². The molecule has 1 fully saturated rings. The van der Waals surface area contributed by atoms with Crippen molar-refractivity contribution in [2.24, 2.45) is 0 Å². The lowest BCUT2D eigenvalue weighted by atomic mass is 9.99.